The molecule has 0 amide bonds. The summed E-state index contributed by atoms with van der Waals surface area (Å²) in [4.78, 5) is 1.29. The molecule has 0 radical (unpaired) electrons. The van der Waals surface area contributed by atoms with Crippen molar-refractivity contribution in [3.8, 4) is 5.75 Å². The molecule has 0 aliphatic heterocycles. The maximum atomic E-state index is 5.70. The zero-order valence-corrected chi connectivity index (χ0v) is 12.0. The van der Waals surface area contributed by atoms with E-state index in [9.17, 15) is 0 Å². The Morgan fingerprint density at radius 3 is 2.58 bits per heavy atom. The molecule has 2 N–H and O–H groups in total. The highest BCUT2D eigenvalue weighted by atomic mass is 32.2. The van der Waals surface area contributed by atoms with E-state index in [1.54, 1.807) is 0 Å². The van der Waals surface area contributed by atoms with Crippen LogP contribution in [0.1, 0.15) is 11.1 Å². The van der Waals surface area contributed by atoms with E-state index in [0.29, 0.717) is 13.2 Å². The highest BCUT2D eigenvalue weighted by molar-refractivity contribution is 7.99. The summed E-state index contributed by atoms with van der Waals surface area (Å²) in [7, 11) is 0. The lowest BCUT2D eigenvalue weighted by Crippen LogP contribution is -2.01. The predicted molar refractivity (Wildman–Crippen MR) is 81.7 cm³/mol. The van der Waals surface area contributed by atoms with Gasteiger partial charge in [0.2, 0.25) is 0 Å². The van der Waals surface area contributed by atoms with Crippen molar-refractivity contribution in [2.75, 3.05) is 12.4 Å². The van der Waals surface area contributed by atoms with Gasteiger partial charge in [0.1, 0.15) is 5.75 Å². The van der Waals surface area contributed by atoms with E-state index >= 15 is 0 Å². The van der Waals surface area contributed by atoms with Gasteiger partial charge in [0.05, 0.1) is 6.61 Å². The lowest BCUT2D eigenvalue weighted by atomic mass is 10.2. The van der Waals surface area contributed by atoms with Crippen LogP contribution in [0.4, 0.5) is 0 Å². The average molecular weight is 273 g/mol. The van der Waals surface area contributed by atoms with Gasteiger partial charge >= 0.3 is 0 Å². The standard InChI is InChI=1S/C16H19NOS/c1-13-3-2-4-16(11-13)19-10-9-18-15-7-5-14(12-17)6-8-15/h2-8,11H,9-10,12,17H2,1H3. The molecule has 0 aliphatic carbocycles. The molecule has 0 saturated heterocycles. The van der Waals surface area contributed by atoms with Crippen LogP contribution in [0.3, 0.4) is 0 Å². The Morgan fingerprint density at radius 1 is 1.11 bits per heavy atom. The fourth-order valence-corrected chi connectivity index (χ4v) is 2.59. The first-order valence-electron chi connectivity index (χ1n) is 6.39. The highest BCUT2D eigenvalue weighted by Crippen LogP contribution is 2.19. The lowest BCUT2D eigenvalue weighted by molar-refractivity contribution is 0.344. The molecule has 0 spiro atoms. The van der Waals surface area contributed by atoms with Gasteiger partial charge in [0.15, 0.2) is 0 Å². The first-order chi connectivity index (χ1) is 9.28. The molecule has 0 fully saturated rings. The minimum Gasteiger partial charge on any atom is -0.493 e. The second-order valence-electron chi connectivity index (χ2n) is 4.36. The summed E-state index contributed by atoms with van der Waals surface area (Å²) < 4.78 is 5.70. The Hall–Kier alpha value is -1.45. The number of rotatable bonds is 6. The van der Waals surface area contributed by atoms with Crippen LogP contribution in [0.2, 0.25) is 0 Å². The average Bonchev–Trinajstić information content (AvgIpc) is 2.44. The van der Waals surface area contributed by atoms with Crippen LogP contribution in [0.25, 0.3) is 0 Å². The van der Waals surface area contributed by atoms with Gasteiger partial charge in [-0.25, -0.2) is 0 Å². The molecule has 2 aromatic carbocycles. The number of ether oxygens (including phenoxy) is 1. The lowest BCUT2D eigenvalue weighted by Gasteiger charge is -2.07. The molecule has 0 aromatic heterocycles. The van der Waals surface area contributed by atoms with E-state index in [1.165, 1.54) is 10.5 Å². The maximum absolute atomic E-state index is 5.70. The topological polar surface area (TPSA) is 35.2 Å². The zero-order valence-electron chi connectivity index (χ0n) is 11.1. The maximum Gasteiger partial charge on any atom is 0.119 e. The molecule has 0 heterocycles. The van der Waals surface area contributed by atoms with Crippen LogP contribution in [0.5, 0.6) is 5.75 Å². The van der Waals surface area contributed by atoms with Crippen molar-refractivity contribution in [3.63, 3.8) is 0 Å². The summed E-state index contributed by atoms with van der Waals surface area (Å²) in [6.07, 6.45) is 0. The summed E-state index contributed by atoms with van der Waals surface area (Å²) in [5.41, 5.74) is 7.98. The number of hydrogen-bond acceptors (Lipinski definition) is 3. The van der Waals surface area contributed by atoms with Crippen molar-refractivity contribution < 1.29 is 4.74 Å². The summed E-state index contributed by atoms with van der Waals surface area (Å²) >= 11 is 1.82. The quantitative estimate of drug-likeness (QED) is 0.645. The fourth-order valence-electron chi connectivity index (χ4n) is 1.75. The van der Waals surface area contributed by atoms with Crippen LogP contribution in [-0.4, -0.2) is 12.4 Å². The molecule has 0 bridgehead atoms. The van der Waals surface area contributed by atoms with Crippen LogP contribution in [0.15, 0.2) is 53.4 Å². The second kappa shape index (κ2) is 7.22. The molecule has 0 aliphatic rings. The van der Waals surface area contributed by atoms with E-state index in [1.807, 2.05) is 36.0 Å². The van der Waals surface area contributed by atoms with Gasteiger partial charge in [-0.3, -0.25) is 0 Å². The van der Waals surface area contributed by atoms with Crippen LogP contribution in [0, 0.1) is 6.92 Å². The number of aryl methyl sites for hydroxylation is 1. The van der Waals surface area contributed by atoms with E-state index in [-0.39, 0.29) is 0 Å². The van der Waals surface area contributed by atoms with E-state index < -0.39 is 0 Å². The minimum absolute atomic E-state index is 0.573. The summed E-state index contributed by atoms with van der Waals surface area (Å²) in [6, 6.07) is 16.5. The number of thioether (sulfide) groups is 1. The van der Waals surface area contributed by atoms with Crippen LogP contribution in [-0.2, 0) is 6.54 Å². The van der Waals surface area contributed by atoms with Gasteiger partial charge in [0.25, 0.3) is 0 Å². The Labute approximate surface area is 119 Å². The van der Waals surface area contributed by atoms with E-state index in [4.69, 9.17) is 10.5 Å². The summed E-state index contributed by atoms with van der Waals surface area (Å²) in [5, 5.41) is 0. The van der Waals surface area contributed by atoms with Crippen molar-refractivity contribution in [2.24, 2.45) is 5.73 Å². The third-order valence-corrected chi connectivity index (χ3v) is 3.73. The Morgan fingerprint density at radius 2 is 1.89 bits per heavy atom. The molecule has 3 heteroatoms. The SMILES string of the molecule is Cc1cccc(SCCOc2ccc(CN)cc2)c1. The smallest absolute Gasteiger partial charge is 0.119 e. The molecule has 0 unspecified atom stereocenters. The monoisotopic (exact) mass is 273 g/mol. The van der Waals surface area contributed by atoms with Crippen molar-refractivity contribution in [1.29, 1.82) is 0 Å². The first-order valence-corrected chi connectivity index (χ1v) is 7.38. The molecule has 19 heavy (non-hydrogen) atoms. The molecular formula is C16H19NOS. The fraction of sp³-hybridized carbons (Fsp3) is 0.250. The summed E-state index contributed by atoms with van der Waals surface area (Å²) in [6.45, 7) is 3.39. The second-order valence-corrected chi connectivity index (χ2v) is 5.53. The van der Waals surface area contributed by atoms with Gasteiger partial charge < -0.3 is 10.5 Å². The molecule has 2 nitrogen and oxygen atoms in total. The van der Waals surface area contributed by atoms with Gasteiger partial charge in [-0.2, -0.15) is 0 Å². The summed E-state index contributed by atoms with van der Waals surface area (Å²) in [5.74, 6) is 1.85. The van der Waals surface area contributed by atoms with E-state index in [0.717, 1.165) is 17.1 Å². The molecule has 100 valence electrons. The zero-order chi connectivity index (χ0) is 13.5. The third-order valence-electron chi connectivity index (χ3n) is 2.77. The first kappa shape index (κ1) is 14.0. The Kier molecular flexibility index (Phi) is 5.31. The van der Waals surface area contributed by atoms with Gasteiger partial charge in [0, 0.05) is 17.2 Å². The van der Waals surface area contributed by atoms with Gasteiger partial charge in [-0.1, -0.05) is 29.8 Å². The van der Waals surface area contributed by atoms with Gasteiger partial charge in [-0.05, 0) is 36.8 Å². The Balaban J connectivity index is 1.74. The molecule has 2 rings (SSSR count). The van der Waals surface area contributed by atoms with Crippen LogP contribution < -0.4 is 10.5 Å². The highest BCUT2D eigenvalue weighted by Gasteiger charge is 1.97. The predicted octanol–water partition coefficient (Wildman–Crippen LogP) is 3.62. The molecule has 0 saturated carbocycles. The molecule has 0 atom stereocenters. The largest absolute Gasteiger partial charge is 0.493 e. The Bertz CT molecular complexity index is 510. The molecular weight excluding hydrogens is 254 g/mol. The number of nitrogens with two attached hydrogens (primary N) is 1. The van der Waals surface area contributed by atoms with Crippen molar-refractivity contribution >= 4 is 11.8 Å². The van der Waals surface area contributed by atoms with E-state index in [2.05, 4.69) is 31.2 Å². The van der Waals surface area contributed by atoms with Crippen molar-refractivity contribution in [2.45, 2.75) is 18.4 Å². The minimum atomic E-state index is 0.573. The van der Waals surface area contributed by atoms with Crippen molar-refractivity contribution in [1.82, 2.24) is 0 Å². The van der Waals surface area contributed by atoms with Crippen LogP contribution >= 0.6 is 11.8 Å². The number of benzene rings is 2. The van der Waals surface area contributed by atoms with Crippen molar-refractivity contribution in [3.05, 3.63) is 59.7 Å². The molecule has 2 aromatic rings. The third kappa shape index (κ3) is 4.62. The normalized spacial score (nSPS) is 10.4. The number of hydrogen-bond donors (Lipinski definition) is 1. The van der Waals surface area contributed by atoms with Gasteiger partial charge in [-0.15, -0.1) is 11.8 Å².